The second-order valence-corrected chi connectivity index (χ2v) is 4.73. The average Bonchev–Trinajstić information content (AvgIpc) is 1.88. The Balaban J connectivity index is 0.000001000. The topological polar surface area (TPSA) is 49.3 Å². The molecule has 1 aliphatic rings. The molecule has 1 unspecified atom stereocenters. The maximum Gasteiger partial charge on any atom is 0.189 e. The fourth-order valence-corrected chi connectivity index (χ4v) is 1.80. The van der Waals surface area contributed by atoms with Crippen molar-refractivity contribution in [3.63, 3.8) is 0 Å². The van der Waals surface area contributed by atoms with E-state index in [1.165, 1.54) is 6.66 Å². The van der Waals surface area contributed by atoms with Crippen LogP contribution in [-0.2, 0) is 37.3 Å². The van der Waals surface area contributed by atoms with Crippen LogP contribution in [0.4, 0.5) is 0 Å². The van der Waals surface area contributed by atoms with Gasteiger partial charge in [-0.05, 0) is 13.0 Å². The molecule has 3 nitrogen and oxygen atoms in total. The van der Waals surface area contributed by atoms with E-state index in [0.717, 1.165) is 6.54 Å². The summed E-state index contributed by atoms with van der Waals surface area (Å²) in [6.07, 6.45) is 3.51. The van der Waals surface area contributed by atoms with Crippen molar-refractivity contribution in [1.29, 1.82) is 0 Å². The molecule has 1 atom stereocenters. The molecule has 1 radical (unpaired) electrons. The van der Waals surface area contributed by atoms with Crippen LogP contribution in [0, 0.1) is 6.08 Å². The Bertz CT molecular complexity index is 199. The van der Waals surface area contributed by atoms with Crippen molar-refractivity contribution in [2.45, 2.75) is 6.42 Å². The zero-order valence-corrected chi connectivity index (χ0v) is 10.2. The first-order valence-corrected chi connectivity index (χ1v) is 5.32. The zero-order valence-electron chi connectivity index (χ0n) is 6.50. The summed E-state index contributed by atoms with van der Waals surface area (Å²) in [5.74, 6) is 0. The Hall–Kier alpha value is 0.994. The molecule has 1 rings (SSSR count). The van der Waals surface area contributed by atoms with Crippen LogP contribution in [-0.4, -0.2) is 24.6 Å². The standard InChI is InChI=1S/C6H11NO2P.Y/c1-10(8,9)6-2-4-7-5-3-6;/h7H,2,4-5H2,1H3,(H,8,9);/q-1;. The zero-order chi connectivity index (χ0) is 7.61. The van der Waals surface area contributed by atoms with Crippen LogP contribution in [0.1, 0.15) is 6.42 Å². The van der Waals surface area contributed by atoms with E-state index >= 15 is 0 Å². The summed E-state index contributed by atoms with van der Waals surface area (Å²) < 4.78 is 11.0. The Morgan fingerprint density at radius 3 is 2.64 bits per heavy atom. The van der Waals surface area contributed by atoms with Crippen LogP contribution in [0.15, 0.2) is 5.31 Å². The van der Waals surface area contributed by atoms with Crippen molar-refractivity contribution in [2.75, 3.05) is 19.8 Å². The van der Waals surface area contributed by atoms with Crippen LogP contribution in [0.5, 0.6) is 0 Å². The van der Waals surface area contributed by atoms with Crippen molar-refractivity contribution in [2.24, 2.45) is 0 Å². The molecule has 0 bridgehead atoms. The summed E-state index contributed by atoms with van der Waals surface area (Å²) in [6.45, 7) is 2.76. The summed E-state index contributed by atoms with van der Waals surface area (Å²) in [4.78, 5) is 9.07. The molecule has 0 aliphatic carbocycles. The molecule has 0 amide bonds. The van der Waals surface area contributed by atoms with Crippen molar-refractivity contribution in [1.82, 2.24) is 5.32 Å². The third kappa shape index (κ3) is 3.96. The molecule has 0 fully saturated rings. The van der Waals surface area contributed by atoms with E-state index in [2.05, 4.69) is 11.4 Å². The second-order valence-electron chi connectivity index (χ2n) is 2.43. The van der Waals surface area contributed by atoms with Gasteiger partial charge in [-0.3, -0.25) is 4.57 Å². The molecule has 2 N–H and O–H groups in total. The number of rotatable bonds is 1. The molecule has 5 heteroatoms. The summed E-state index contributed by atoms with van der Waals surface area (Å²) in [6, 6.07) is 0. The minimum Gasteiger partial charge on any atom is -0.473 e. The average molecular weight is 249 g/mol. The van der Waals surface area contributed by atoms with Gasteiger partial charge in [0.25, 0.3) is 0 Å². The van der Waals surface area contributed by atoms with Crippen LogP contribution in [0.25, 0.3) is 0 Å². The van der Waals surface area contributed by atoms with Crippen LogP contribution in [0.3, 0.4) is 0 Å². The predicted octanol–water partition coefficient (Wildman–Crippen LogP) is 0.564. The normalized spacial score (nSPS) is 22.9. The van der Waals surface area contributed by atoms with E-state index in [4.69, 9.17) is 4.89 Å². The molecule has 1 aliphatic heterocycles. The van der Waals surface area contributed by atoms with Gasteiger partial charge >= 0.3 is 0 Å². The number of hydrogen-bond acceptors (Lipinski definition) is 2. The van der Waals surface area contributed by atoms with E-state index in [1.807, 2.05) is 0 Å². The maximum absolute atomic E-state index is 11.0. The van der Waals surface area contributed by atoms with Gasteiger partial charge < -0.3 is 16.3 Å². The van der Waals surface area contributed by atoms with E-state index in [0.29, 0.717) is 18.3 Å². The monoisotopic (exact) mass is 249 g/mol. The fourth-order valence-electron chi connectivity index (χ4n) is 0.902. The van der Waals surface area contributed by atoms with Crippen LogP contribution >= 0.6 is 7.37 Å². The van der Waals surface area contributed by atoms with Gasteiger partial charge in [-0.25, -0.2) is 0 Å². The molecule has 0 aromatic rings. The molecule has 0 saturated heterocycles. The Morgan fingerprint density at radius 1 is 1.73 bits per heavy atom. The van der Waals surface area contributed by atoms with E-state index in [1.54, 1.807) is 0 Å². The summed E-state index contributed by atoms with van der Waals surface area (Å²) in [5, 5.41) is 3.61. The van der Waals surface area contributed by atoms with Crippen molar-refractivity contribution < 1.29 is 42.2 Å². The van der Waals surface area contributed by atoms with Crippen LogP contribution in [0.2, 0.25) is 0 Å². The van der Waals surface area contributed by atoms with Gasteiger partial charge in [0.15, 0.2) is 7.37 Å². The molecule has 0 spiro atoms. The Kier molecular flexibility index (Phi) is 5.33. The van der Waals surface area contributed by atoms with Gasteiger partial charge in [0.1, 0.15) is 0 Å². The van der Waals surface area contributed by atoms with Gasteiger partial charge in [-0.15, -0.1) is 6.54 Å². The smallest absolute Gasteiger partial charge is 0.189 e. The summed E-state index contributed by atoms with van der Waals surface area (Å²) in [7, 11) is -2.98. The SMILES string of the molecule is CP(=O)(O)C1=[C-]CNCC1.[Y]. The maximum atomic E-state index is 11.0. The first-order valence-electron chi connectivity index (χ1n) is 3.22. The van der Waals surface area contributed by atoms with Crippen molar-refractivity contribution in [3.05, 3.63) is 11.4 Å². The molecule has 0 aromatic heterocycles. The third-order valence-corrected chi connectivity index (χ3v) is 2.84. The van der Waals surface area contributed by atoms with Gasteiger partial charge in [0.05, 0.1) is 0 Å². The van der Waals surface area contributed by atoms with E-state index in [9.17, 15) is 4.57 Å². The minimum absolute atomic E-state index is 0. The third-order valence-electron chi connectivity index (χ3n) is 1.46. The van der Waals surface area contributed by atoms with Gasteiger partial charge in [0.2, 0.25) is 0 Å². The largest absolute Gasteiger partial charge is 0.473 e. The van der Waals surface area contributed by atoms with E-state index in [-0.39, 0.29) is 32.7 Å². The molecular formula is C6H11NO2PY-. The van der Waals surface area contributed by atoms with Gasteiger partial charge in [-0.1, -0.05) is 0 Å². The quantitative estimate of drug-likeness (QED) is 0.527. The fraction of sp³-hybridized carbons (Fsp3) is 0.667. The summed E-state index contributed by atoms with van der Waals surface area (Å²) in [5.41, 5.74) is 0. The number of nitrogens with one attached hydrogen (secondary N) is 1. The molecule has 11 heavy (non-hydrogen) atoms. The first-order chi connectivity index (χ1) is 4.61. The molecule has 1 heterocycles. The predicted molar refractivity (Wildman–Crippen MR) is 40.0 cm³/mol. The molecule has 0 saturated carbocycles. The van der Waals surface area contributed by atoms with Crippen molar-refractivity contribution >= 4 is 7.37 Å². The van der Waals surface area contributed by atoms with Gasteiger partial charge in [0, 0.05) is 39.4 Å². The van der Waals surface area contributed by atoms with Crippen LogP contribution < -0.4 is 5.32 Å². The summed E-state index contributed by atoms with van der Waals surface area (Å²) >= 11 is 0. The molecule has 61 valence electrons. The Labute approximate surface area is 92.0 Å². The molecule has 0 aromatic carbocycles. The van der Waals surface area contributed by atoms with E-state index < -0.39 is 7.37 Å². The van der Waals surface area contributed by atoms with Gasteiger partial charge in [-0.2, -0.15) is 5.31 Å². The minimum atomic E-state index is -2.98. The molecular weight excluding hydrogens is 238 g/mol. The van der Waals surface area contributed by atoms with Crippen molar-refractivity contribution in [3.8, 4) is 0 Å². The second kappa shape index (κ2) is 4.88. The first kappa shape index (κ1) is 12.0. The Morgan fingerprint density at radius 2 is 2.36 bits per heavy atom. The number of hydrogen-bond donors (Lipinski definition) is 2.